The highest BCUT2D eigenvalue weighted by atomic mass is 35.5. The van der Waals surface area contributed by atoms with Crippen molar-refractivity contribution in [1.82, 2.24) is 0 Å². The van der Waals surface area contributed by atoms with Gasteiger partial charge in [0.15, 0.2) is 0 Å². The monoisotopic (exact) mass is 214 g/mol. The molecule has 0 saturated heterocycles. The smallest absolute Gasteiger partial charge is 0.118 e. The van der Waals surface area contributed by atoms with Crippen LogP contribution in [0.1, 0.15) is 16.5 Å². The standard InChI is InChI=1S/C9H7ClO2S/c10-7-2-4-13-9(7)8(11)6-1-3-12-5-6/h1-5,8,11H. The fourth-order valence-electron chi connectivity index (χ4n) is 1.08. The first-order valence-electron chi connectivity index (χ1n) is 3.72. The van der Waals surface area contributed by atoms with Gasteiger partial charge in [-0.25, -0.2) is 0 Å². The Morgan fingerprint density at radius 3 is 2.85 bits per heavy atom. The molecule has 0 amide bonds. The summed E-state index contributed by atoms with van der Waals surface area (Å²) in [5.41, 5.74) is 0.726. The van der Waals surface area contributed by atoms with Gasteiger partial charge in [0, 0.05) is 5.56 Å². The topological polar surface area (TPSA) is 33.4 Å². The Balaban J connectivity index is 2.33. The van der Waals surface area contributed by atoms with Crippen molar-refractivity contribution in [3.63, 3.8) is 0 Å². The third-order valence-corrected chi connectivity index (χ3v) is 3.16. The van der Waals surface area contributed by atoms with Crippen LogP contribution in [0.25, 0.3) is 0 Å². The molecule has 0 aliphatic heterocycles. The maximum Gasteiger partial charge on any atom is 0.118 e. The lowest BCUT2D eigenvalue weighted by Crippen LogP contribution is -1.94. The van der Waals surface area contributed by atoms with Crippen LogP contribution in [0.4, 0.5) is 0 Å². The van der Waals surface area contributed by atoms with Gasteiger partial charge in [-0.05, 0) is 17.5 Å². The Kier molecular flexibility index (Phi) is 2.40. The quantitative estimate of drug-likeness (QED) is 0.834. The van der Waals surface area contributed by atoms with Crippen LogP contribution >= 0.6 is 22.9 Å². The molecule has 0 bridgehead atoms. The minimum absolute atomic E-state index is 0.596. The summed E-state index contributed by atoms with van der Waals surface area (Å²) in [7, 11) is 0. The van der Waals surface area contributed by atoms with E-state index in [9.17, 15) is 5.11 Å². The highest BCUT2D eigenvalue weighted by Gasteiger charge is 2.15. The second kappa shape index (κ2) is 3.54. The molecule has 1 atom stereocenters. The van der Waals surface area contributed by atoms with E-state index < -0.39 is 6.10 Å². The number of hydrogen-bond acceptors (Lipinski definition) is 3. The van der Waals surface area contributed by atoms with E-state index >= 15 is 0 Å². The van der Waals surface area contributed by atoms with Gasteiger partial charge in [0.1, 0.15) is 6.10 Å². The van der Waals surface area contributed by atoms with E-state index in [4.69, 9.17) is 16.0 Å². The van der Waals surface area contributed by atoms with Gasteiger partial charge in [-0.15, -0.1) is 11.3 Å². The zero-order valence-corrected chi connectivity index (χ0v) is 8.18. The van der Waals surface area contributed by atoms with E-state index in [0.29, 0.717) is 5.02 Å². The molecule has 2 aromatic rings. The number of thiophene rings is 1. The minimum Gasteiger partial charge on any atom is -0.472 e. The normalized spacial score (nSPS) is 13.1. The van der Waals surface area contributed by atoms with Gasteiger partial charge < -0.3 is 9.52 Å². The van der Waals surface area contributed by atoms with Gasteiger partial charge in [-0.2, -0.15) is 0 Å². The molecule has 1 unspecified atom stereocenters. The lowest BCUT2D eigenvalue weighted by Gasteiger charge is -2.05. The van der Waals surface area contributed by atoms with Crippen LogP contribution in [0, 0.1) is 0 Å². The average molecular weight is 215 g/mol. The molecule has 0 aliphatic rings. The summed E-state index contributed by atoms with van der Waals surface area (Å²) in [5, 5.41) is 12.3. The fourth-order valence-corrected chi connectivity index (χ4v) is 2.25. The molecular weight excluding hydrogens is 208 g/mol. The molecular formula is C9H7ClO2S. The van der Waals surface area contributed by atoms with E-state index in [0.717, 1.165) is 10.4 Å². The van der Waals surface area contributed by atoms with Crippen LogP contribution in [0.5, 0.6) is 0 Å². The SMILES string of the molecule is OC(c1ccoc1)c1sccc1Cl. The van der Waals surface area contributed by atoms with Crippen LogP contribution in [0.3, 0.4) is 0 Å². The maximum absolute atomic E-state index is 9.82. The second-order valence-corrected chi connectivity index (χ2v) is 3.95. The summed E-state index contributed by atoms with van der Waals surface area (Å²) in [6.45, 7) is 0. The first-order valence-corrected chi connectivity index (χ1v) is 4.98. The predicted octanol–water partition coefficient (Wildman–Crippen LogP) is 3.08. The Hall–Kier alpha value is -0.770. The van der Waals surface area contributed by atoms with Crippen molar-refractivity contribution in [3.8, 4) is 0 Å². The summed E-state index contributed by atoms with van der Waals surface area (Å²) in [4.78, 5) is 0.753. The molecule has 68 valence electrons. The minimum atomic E-state index is -0.675. The van der Waals surface area contributed by atoms with Crippen LogP contribution in [-0.4, -0.2) is 5.11 Å². The Morgan fingerprint density at radius 1 is 1.46 bits per heavy atom. The first kappa shape index (κ1) is 8.81. The molecule has 2 aromatic heterocycles. The number of halogens is 1. The molecule has 0 saturated carbocycles. The summed E-state index contributed by atoms with van der Waals surface area (Å²) < 4.78 is 4.88. The van der Waals surface area contributed by atoms with Crippen molar-refractivity contribution in [2.45, 2.75) is 6.10 Å². The number of aliphatic hydroxyl groups is 1. The predicted molar refractivity (Wildman–Crippen MR) is 52.1 cm³/mol. The third-order valence-electron chi connectivity index (χ3n) is 1.75. The summed E-state index contributed by atoms with van der Waals surface area (Å²) in [6, 6.07) is 3.49. The number of rotatable bonds is 2. The Bertz CT molecular complexity index is 380. The number of hydrogen-bond donors (Lipinski definition) is 1. The highest BCUT2D eigenvalue weighted by molar-refractivity contribution is 7.10. The van der Waals surface area contributed by atoms with Gasteiger partial charge in [0.25, 0.3) is 0 Å². The Labute approximate surface area is 84.4 Å². The largest absolute Gasteiger partial charge is 0.472 e. The highest BCUT2D eigenvalue weighted by Crippen LogP contribution is 2.32. The zero-order chi connectivity index (χ0) is 9.26. The Morgan fingerprint density at radius 2 is 2.31 bits per heavy atom. The van der Waals surface area contributed by atoms with E-state index in [2.05, 4.69) is 0 Å². The van der Waals surface area contributed by atoms with Crippen molar-refractivity contribution in [1.29, 1.82) is 0 Å². The lowest BCUT2D eigenvalue weighted by molar-refractivity contribution is 0.223. The molecule has 0 aromatic carbocycles. The third kappa shape index (κ3) is 1.63. The molecule has 1 N–H and O–H groups in total. The summed E-state index contributed by atoms with van der Waals surface area (Å²) in [6.07, 6.45) is 2.37. The van der Waals surface area contributed by atoms with Gasteiger partial charge in [-0.1, -0.05) is 11.6 Å². The molecule has 2 nitrogen and oxygen atoms in total. The van der Waals surface area contributed by atoms with E-state index in [1.807, 2.05) is 5.38 Å². The van der Waals surface area contributed by atoms with Crippen molar-refractivity contribution < 1.29 is 9.52 Å². The summed E-state index contributed by atoms with van der Waals surface area (Å²) in [5.74, 6) is 0. The van der Waals surface area contributed by atoms with E-state index in [1.165, 1.54) is 23.9 Å². The molecule has 0 fully saturated rings. The van der Waals surface area contributed by atoms with E-state index in [1.54, 1.807) is 12.1 Å². The molecule has 0 aliphatic carbocycles. The van der Waals surface area contributed by atoms with Crippen molar-refractivity contribution >= 4 is 22.9 Å². The second-order valence-electron chi connectivity index (χ2n) is 2.59. The van der Waals surface area contributed by atoms with Crippen LogP contribution in [0.15, 0.2) is 34.5 Å². The molecule has 13 heavy (non-hydrogen) atoms. The fraction of sp³-hybridized carbons (Fsp3) is 0.111. The maximum atomic E-state index is 9.82. The van der Waals surface area contributed by atoms with Gasteiger partial charge in [0.05, 0.1) is 22.4 Å². The zero-order valence-electron chi connectivity index (χ0n) is 6.61. The van der Waals surface area contributed by atoms with Crippen molar-refractivity contribution in [2.24, 2.45) is 0 Å². The van der Waals surface area contributed by atoms with Crippen molar-refractivity contribution in [2.75, 3.05) is 0 Å². The van der Waals surface area contributed by atoms with E-state index in [-0.39, 0.29) is 0 Å². The number of furan rings is 1. The first-order chi connectivity index (χ1) is 6.29. The van der Waals surface area contributed by atoms with Gasteiger partial charge in [-0.3, -0.25) is 0 Å². The average Bonchev–Trinajstić information content (AvgIpc) is 2.72. The number of aliphatic hydroxyl groups excluding tert-OH is 1. The van der Waals surface area contributed by atoms with Crippen LogP contribution in [-0.2, 0) is 0 Å². The molecule has 0 spiro atoms. The molecule has 2 rings (SSSR count). The lowest BCUT2D eigenvalue weighted by atomic mass is 10.2. The molecule has 2 heterocycles. The molecule has 0 radical (unpaired) electrons. The van der Waals surface area contributed by atoms with Gasteiger partial charge >= 0.3 is 0 Å². The summed E-state index contributed by atoms with van der Waals surface area (Å²) >= 11 is 7.30. The van der Waals surface area contributed by atoms with Crippen LogP contribution in [0.2, 0.25) is 5.02 Å². The van der Waals surface area contributed by atoms with Crippen LogP contribution < -0.4 is 0 Å². The van der Waals surface area contributed by atoms with Gasteiger partial charge in [0.2, 0.25) is 0 Å². The molecule has 4 heteroatoms. The van der Waals surface area contributed by atoms with Crippen molar-refractivity contribution in [3.05, 3.63) is 45.5 Å².